The van der Waals surface area contributed by atoms with Gasteiger partial charge in [0.1, 0.15) is 12.6 Å². The lowest BCUT2D eigenvalue weighted by molar-refractivity contribution is -0.889. The number of nitrogens with zero attached hydrogens (tertiary/aromatic N) is 1. The first-order valence-electron chi connectivity index (χ1n) is 22.7. The van der Waals surface area contributed by atoms with Crippen LogP contribution < -0.4 is 5.11 Å². The van der Waals surface area contributed by atoms with Gasteiger partial charge in [-0.25, -0.2) is 0 Å². The highest BCUT2D eigenvalue weighted by Crippen LogP contribution is 2.14. The maximum atomic E-state index is 12.7. The normalized spacial score (nSPS) is 13.4. The van der Waals surface area contributed by atoms with Gasteiger partial charge in [-0.2, -0.15) is 0 Å². The van der Waals surface area contributed by atoms with Crippen molar-refractivity contribution in [3.8, 4) is 0 Å². The van der Waals surface area contributed by atoms with Crippen molar-refractivity contribution in [3.63, 3.8) is 0 Å². The smallest absolute Gasteiger partial charge is 0.306 e. The number of carbonyl (C=O) groups is 3. The summed E-state index contributed by atoms with van der Waals surface area (Å²) < 4.78 is 17.1. The molecule has 0 aromatic heterocycles. The predicted octanol–water partition coefficient (Wildman–Crippen LogP) is 11.1. The number of carbonyl (C=O) groups excluding carboxylic acids is 3. The molecule has 0 heterocycles. The second-order valence-corrected chi connectivity index (χ2v) is 16.3. The Hall–Kier alpha value is -2.71. The molecule has 2 atom stereocenters. The molecule has 0 aromatic rings. The molecule has 0 aliphatic carbocycles. The van der Waals surface area contributed by atoms with Crippen molar-refractivity contribution in [3.05, 3.63) is 48.6 Å². The van der Waals surface area contributed by atoms with Gasteiger partial charge in [0.2, 0.25) is 0 Å². The Labute approximate surface area is 344 Å². The van der Waals surface area contributed by atoms with Gasteiger partial charge in [-0.15, -0.1) is 0 Å². The predicted molar refractivity (Wildman–Crippen MR) is 231 cm³/mol. The SMILES string of the molecule is CC/C=C\C/C=C\C/C=C\CCCCCC(=O)OC(COCCC(C(=O)[O-])[N+](C)(C)C)COC(=O)CCCCCCCCCCC/C=C\CCCCCCCC. The monoisotopic (exact) mass is 788 g/mol. The summed E-state index contributed by atoms with van der Waals surface area (Å²) in [5, 5.41) is 11.6. The van der Waals surface area contributed by atoms with Gasteiger partial charge < -0.3 is 28.6 Å². The minimum absolute atomic E-state index is 0.0278. The second-order valence-electron chi connectivity index (χ2n) is 16.3. The number of ether oxygens (including phenoxy) is 3. The standard InChI is InChI=1S/C48H85NO7/c1-6-8-10-12-14-16-18-20-21-22-23-24-25-27-28-30-32-34-36-38-46(50)55-43-44(42-54-41-40-45(48(52)53)49(3,4)5)56-47(51)39-37-35-33-31-29-26-19-17-15-13-11-9-7-2/h9,11,15,17,20-21,26,29,44-45H,6-8,10,12-14,16,18-19,22-25,27-28,30-43H2,1-5H3/b11-9-,17-15-,21-20-,29-26-. The van der Waals surface area contributed by atoms with Crippen LogP contribution in [0.5, 0.6) is 0 Å². The first kappa shape index (κ1) is 53.3. The molecule has 0 bridgehead atoms. The number of allylic oxidation sites excluding steroid dienone is 8. The van der Waals surface area contributed by atoms with E-state index in [0.29, 0.717) is 6.42 Å². The van der Waals surface area contributed by atoms with Crippen molar-refractivity contribution in [1.29, 1.82) is 0 Å². The molecule has 56 heavy (non-hydrogen) atoms. The Morgan fingerprint density at radius 2 is 1.00 bits per heavy atom. The Balaban J connectivity index is 4.32. The number of hydrogen-bond acceptors (Lipinski definition) is 7. The molecule has 0 radical (unpaired) electrons. The highest BCUT2D eigenvalue weighted by atomic mass is 16.6. The van der Waals surface area contributed by atoms with Gasteiger partial charge in [0.05, 0.1) is 40.3 Å². The molecule has 2 unspecified atom stereocenters. The molecule has 324 valence electrons. The lowest BCUT2D eigenvalue weighted by atomic mass is 10.1. The van der Waals surface area contributed by atoms with Crippen LogP contribution in [0.2, 0.25) is 0 Å². The zero-order chi connectivity index (χ0) is 41.4. The Kier molecular flexibility index (Phi) is 37.2. The molecule has 8 heteroatoms. The molecule has 0 aromatic carbocycles. The molecule has 0 spiro atoms. The number of hydrogen-bond donors (Lipinski definition) is 0. The van der Waals surface area contributed by atoms with Crippen molar-refractivity contribution in [2.24, 2.45) is 0 Å². The van der Waals surface area contributed by atoms with E-state index in [1.165, 1.54) is 89.9 Å². The van der Waals surface area contributed by atoms with Crippen LogP contribution in [0.25, 0.3) is 0 Å². The topological polar surface area (TPSA) is 102 Å². The van der Waals surface area contributed by atoms with Crippen molar-refractivity contribution in [2.75, 3.05) is 41.0 Å². The quantitative estimate of drug-likeness (QED) is 0.0264. The molecule has 8 nitrogen and oxygen atoms in total. The third-order valence-electron chi connectivity index (χ3n) is 9.95. The van der Waals surface area contributed by atoms with Gasteiger partial charge in [0.25, 0.3) is 0 Å². The fraction of sp³-hybridized carbons (Fsp3) is 0.771. The van der Waals surface area contributed by atoms with E-state index in [1.54, 1.807) is 21.1 Å². The van der Waals surface area contributed by atoms with Crippen LogP contribution in [0.15, 0.2) is 48.6 Å². The van der Waals surface area contributed by atoms with E-state index in [0.717, 1.165) is 64.2 Å². The number of carboxylic acid groups (broad SMARTS) is 1. The largest absolute Gasteiger partial charge is 0.544 e. The summed E-state index contributed by atoms with van der Waals surface area (Å²) in [7, 11) is 5.39. The summed E-state index contributed by atoms with van der Waals surface area (Å²) >= 11 is 0. The molecule has 0 saturated heterocycles. The molecule has 0 aliphatic heterocycles. The van der Waals surface area contributed by atoms with Crippen LogP contribution >= 0.6 is 0 Å². The fourth-order valence-corrected chi connectivity index (χ4v) is 6.43. The number of carboxylic acids is 1. The maximum absolute atomic E-state index is 12.7. The van der Waals surface area contributed by atoms with Gasteiger partial charge in [0.15, 0.2) is 6.10 Å². The number of unbranched alkanes of at least 4 members (excludes halogenated alkanes) is 18. The summed E-state index contributed by atoms with van der Waals surface area (Å²) in [6.45, 7) is 4.51. The third kappa shape index (κ3) is 36.9. The van der Waals surface area contributed by atoms with E-state index in [-0.39, 0.29) is 49.1 Å². The molecular formula is C48H85NO7. The third-order valence-corrected chi connectivity index (χ3v) is 9.95. The number of likely N-dealkylation sites (N-methyl/N-ethyl adjacent to an activating group) is 1. The number of esters is 2. The average Bonchev–Trinajstić information content (AvgIpc) is 3.15. The second kappa shape index (κ2) is 39.1. The van der Waals surface area contributed by atoms with E-state index in [2.05, 4.69) is 62.5 Å². The molecule has 0 rings (SSSR count). The molecule has 0 aliphatic rings. The molecular weight excluding hydrogens is 703 g/mol. The van der Waals surface area contributed by atoms with Crippen molar-refractivity contribution < 1.29 is 38.2 Å². The highest BCUT2D eigenvalue weighted by molar-refractivity contribution is 5.70. The van der Waals surface area contributed by atoms with Crippen molar-refractivity contribution >= 4 is 17.9 Å². The fourth-order valence-electron chi connectivity index (χ4n) is 6.43. The van der Waals surface area contributed by atoms with Gasteiger partial charge in [-0.05, 0) is 70.6 Å². The molecule has 0 N–H and O–H groups in total. The van der Waals surface area contributed by atoms with Crippen LogP contribution in [0, 0.1) is 0 Å². The lowest BCUT2D eigenvalue weighted by Gasteiger charge is -2.34. The number of quaternary nitrogens is 1. The van der Waals surface area contributed by atoms with E-state index >= 15 is 0 Å². The van der Waals surface area contributed by atoms with E-state index in [1.807, 2.05) is 0 Å². The Bertz CT molecular complexity index is 1060. The lowest BCUT2D eigenvalue weighted by Crippen LogP contribution is -2.55. The summed E-state index contributed by atoms with van der Waals surface area (Å²) in [5.74, 6) is -1.78. The Morgan fingerprint density at radius 3 is 1.52 bits per heavy atom. The first-order valence-corrected chi connectivity index (χ1v) is 22.7. The van der Waals surface area contributed by atoms with Gasteiger partial charge in [-0.1, -0.05) is 146 Å². The van der Waals surface area contributed by atoms with E-state index in [4.69, 9.17) is 14.2 Å². The van der Waals surface area contributed by atoms with Crippen molar-refractivity contribution in [1.82, 2.24) is 0 Å². The van der Waals surface area contributed by atoms with Gasteiger partial charge in [-0.3, -0.25) is 9.59 Å². The summed E-state index contributed by atoms with van der Waals surface area (Å²) in [6.07, 6.45) is 45.7. The minimum atomic E-state index is -1.13. The van der Waals surface area contributed by atoms with E-state index < -0.39 is 18.1 Å². The van der Waals surface area contributed by atoms with E-state index in [9.17, 15) is 19.5 Å². The zero-order valence-corrected chi connectivity index (χ0v) is 36.8. The number of aliphatic carboxylic acids is 1. The summed E-state index contributed by atoms with van der Waals surface area (Å²) in [4.78, 5) is 36.8. The van der Waals surface area contributed by atoms with Crippen LogP contribution in [0.1, 0.15) is 187 Å². The van der Waals surface area contributed by atoms with Crippen LogP contribution in [0.4, 0.5) is 0 Å². The van der Waals surface area contributed by atoms with Gasteiger partial charge in [0, 0.05) is 19.3 Å². The number of rotatable bonds is 40. The average molecular weight is 788 g/mol. The van der Waals surface area contributed by atoms with Crippen LogP contribution in [-0.4, -0.2) is 75.5 Å². The van der Waals surface area contributed by atoms with Gasteiger partial charge >= 0.3 is 11.9 Å². The Morgan fingerprint density at radius 1 is 0.554 bits per heavy atom. The molecule has 0 amide bonds. The summed E-state index contributed by atoms with van der Waals surface area (Å²) in [5.41, 5.74) is 0. The van der Waals surface area contributed by atoms with Crippen LogP contribution in [-0.2, 0) is 28.6 Å². The molecule has 0 saturated carbocycles. The summed E-state index contributed by atoms with van der Waals surface area (Å²) in [6, 6.07) is -0.731. The maximum Gasteiger partial charge on any atom is 0.306 e. The zero-order valence-electron chi connectivity index (χ0n) is 36.8. The highest BCUT2D eigenvalue weighted by Gasteiger charge is 2.25. The van der Waals surface area contributed by atoms with Crippen molar-refractivity contribution in [2.45, 2.75) is 199 Å². The van der Waals surface area contributed by atoms with Crippen LogP contribution in [0.3, 0.4) is 0 Å². The molecule has 0 fully saturated rings. The minimum Gasteiger partial charge on any atom is -0.544 e. The first-order chi connectivity index (χ1) is 27.1.